The second kappa shape index (κ2) is 4.72. The first kappa shape index (κ1) is 12.3. The number of ether oxygens (including phenoxy) is 1. The highest BCUT2D eigenvalue weighted by molar-refractivity contribution is 5.97. The molecule has 2 saturated carbocycles. The predicted octanol–water partition coefficient (Wildman–Crippen LogP) is 1.83. The number of nitrogens with two attached hydrogens (primary N) is 1. The van der Waals surface area contributed by atoms with Crippen LogP contribution in [0.1, 0.15) is 36.0 Å². The van der Waals surface area contributed by atoms with E-state index < -0.39 is 5.97 Å². The first-order valence-corrected chi connectivity index (χ1v) is 6.80. The van der Waals surface area contributed by atoms with E-state index in [-0.39, 0.29) is 0 Å². The lowest BCUT2D eigenvalue weighted by Gasteiger charge is -2.25. The van der Waals surface area contributed by atoms with Gasteiger partial charge in [0.15, 0.2) is 5.82 Å². The van der Waals surface area contributed by atoms with E-state index in [1.54, 1.807) is 12.3 Å². The van der Waals surface area contributed by atoms with Gasteiger partial charge >= 0.3 is 5.97 Å². The molecular weight excluding hydrogens is 242 g/mol. The largest absolute Gasteiger partial charge is 0.465 e. The third-order valence-electron chi connectivity index (χ3n) is 3.79. The van der Waals surface area contributed by atoms with Crippen molar-refractivity contribution in [3.05, 3.63) is 17.8 Å². The summed E-state index contributed by atoms with van der Waals surface area (Å²) in [5, 5.41) is 0. The van der Waals surface area contributed by atoms with E-state index in [0.29, 0.717) is 17.3 Å². The molecule has 19 heavy (non-hydrogen) atoms. The summed E-state index contributed by atoms with van der Waals surface area (Å²) in [7, 11) is 1.37. The number of pyridine rings is 1. The maximum absolute atomic E-state index is 11.7. The predicted molar refractivity (Wildman–Crippen MR) is 73.1 cm³/mol. The van der Waals surface area contributed by atoms with Crippen LogP contribution in [0.15, 0.2) is 12.3 Å². The summed E-state index contributed by atoms with van der Waals surface area (Å²) in [6.45, 7) is 1.01. The van der Waals surface area contributed by atoms with Crippen LogP contribution in [0.5, 0.6) is 0 Å². The van der Waals surface area contributed by atoms with Crippen LogP contribution in [0.3, 0.4) is 0 Å². The fourth-order valence-corrected chi connectivity index (χ4v) is 2.35. The fourth-order valence-electron chi connectivity index (χ4n) is 2.35. The van der Waals surface area contributed by atoms with Gasteiger partial charge in [0.05, 0.1) is 18.4 Å². The first-order chi connectivity index (χ1) is 9.20. The summed E-state index contributed by atoms with van der Waals surface area (Å²) in [6, 6.07) is 2.16. The van der Waals surface area contributed by atoms with Crippen LogP contribution < -0.4 is 10.6 Å². The van der Waals surface area contributed by atoms with Crippen LogP contribution in [0.2, 0.25) is 0 Å². The van der Waals surface area contributed by atoms with Gasteiger partial charge < -0.3 is 15.4 Å². The van der Waals surface area contributed by atoms with Crippen LogP contribution in [-0.2, 0) is 4.74 Å². The van der Waals surface area contributed by atoms with E-state index in [9.17, 15) is 4.79 Å². The van der Waals surface area contributed by atoms with Gasteiger partial charge in [-0.2, -0.15) is 0 Å². The maximum atomic E-state index is 11.7. The molecule has 102 valence electrons. The molecule has 0 aromatic carbocycles. The second-order valence-corrected chi connectivity index (χ2v) is 5.41. The normalized spacial score (nSPS) is 18.2. The van der Waals surface area contributed by atoms with Crippen molar-refractivity contribution >= 4 is 17.5 Å². The topological polar surface area (TPSA) is 68.5 Å². The third-order valence-corrected chi connectivity index (χ3v) is 3.79. The number of carbonyl (C=O) groups is 1. The highest BCUT2D eigenvalue weighted by Gasteiger charge is 2.35. The number of hydrogen-bond donors (Lipinski definition) is 1. The molecule has 2 fully saturated rings. The number of hydrogen-bond acceptors (Lipinski definition) is 5. The van der Waals surface area contributed by atoms with Crippen LogP contribution in [0.25, 0.3) is 0 Å². The number of aromatic nitrogens is 1. The highest BCUT2D eigenvalue weighted by atomic mass is 16.5. The zero-order valence-corrected chi connectivity index (χ0v) is 11.1. The molecule has 1 heterocycles. The zero-order chi connectivity index (χ0) is 13.4. The Balaban J connectivity index is 1.90. The summed E-state index contributed by atoms with van der Waals surface area (Å²) < 4.78 is 4.76. The van der Waals surface area contributed by atoms with Crippen molar-refractivity contribution in [2.75, 3.05) is 24.3 Å². The molecule has 5 heteroatoms. The van der Waals surface area contributed by atoms with Crippen molar-refractivity contribution < 1.29 is 9.53 Å². The molecule has 0 atom stereocenters. The average Bonchev–Trinajstić information content (AvgIpc) is 3.28. The Bertz CT molecular complexity index is 495. The van der Waals surface area contributed by atoms with Gasteiger partial charge in [-0.3, -0.25) is 0 Å². The number of esters is 1. The summed E-state index contributed by atoms with van der Waals surface area (Å²) >= 11 is 0. The SMILES string of the molecule is COC(=O)c1ccnc(N(CC2CC2)C2CC2)c1N. The summed E-state index contributed by atoms with van der Waals surface area (Å²) in [6.07, 6.45) is 6.60. The molecule has 2 aliphatic carbocycles. The Morgan fingerprint density at radius 2 is 2.21 bits per heavy atom. The first-order valence-electron chi connectivity index (χ1n) is 6.80. The van der Waals surface area contributed by atoms with Crippen LogP contribution in [0.4, 0.5) is 11.5 Å². The van der Waals surface area contributed by atoms with E-state index in [1.165, 1.54) is 32.8 Å². The van der Waals surface area contributed by atoms with E-state index in [1.807, 2.05) is 0 Å². The molecule has 0 unspecified atom stereocenters. The van der Waals surface area contributed by atoms with Crippen LogP contribution >= 0.6 is 0 Å². The quantitative estimate of drug-likeness (QED) is 0.819. The second-order valence-electron chi connectivity index (χ2n) is 5.41. The summed E-state index contributed by atoms with van der Waals surface area (Å²) in [5.41, 5.74) is 6.97. The Labute approximate surface area is 112 Å². The van der Waals surface area contributed by atoms with E-state index in [0.717, 1.165) is 18.3 Å². The average molecular weight is 261 g/mol. The number of nitrogen functional groups attached to an aromatic ring is 1. The molecule has 1 aromatic heterocycles. The molecule has 0 radical (unpaired) electrons. The minimum absolute atomic E-state index is 0.400. The Morgan fingerprint density at radius 3 is 2.79 bits per heavy atom. The number of carbonyl (C=O) groups excluding carboxylic acids is 1. The third kappa shape index (κ3) is 2.50. The molecule has 2 aliphatic rings. The summed E-state index contributed by atoms with van der Waals surface area (Å²) in [5.74, 6) is 1.12. The minimum Gasteiger partial charge on any atom is -0.465 e. The summed E-state index contributed by atoms with van der Waals surface area (Å²) in [4.78, 5) is 18.3. The number of rotatable bonds is 5. The Morgan fingerprint density at radius 1 is 1.47 bits per heavy atom. The lowest BCUT2D eigenvalue weighted by molar-refractivity contribution is 0.0602. The molecule has 0 aliphatic heterocycles. The molecular formula is C14H19N3O2. The number of anilines is 2. The van der Waals surface area contributed by atoms with E-state index in [2.05, 4.69) is 9.88 Å². The Hall–Kier alpha value is -1.78. The molecule has 0 bridgehead atoms. The monoisotopic (exact) mass is 261 g/mol. The molecule has 3 rings (SSSR count). The van der Waals surface area contributed by atoms with Crippen LogP contribution in [0, 0.1) is 5.92 Å². The van der Waals surface area contributed by atoms with Crippen molar-refractivity contribution in [3.8, 4) is 0 Å². The van der Waals surface area contributed by atoms with Crippen molar-refractivity contribution in [1.29, 1.82) is 0 Å². The molecule has 0 amide bonds. The minimum atomic E-state index is -0.400. The Kier molecular flexibility index (Phi) is 3.05. The van der Waals surface area contributed by atoms with Gasteiger partial charge in [-0.25, -0.2) is 9.78 Å². The molecule has 1 aromatic rings. The lowest BCUT2D eigenvalue weighted by Crippen LogP contribution is -2.30. The van der Waals surface area contributed by atoms with E-state index in [4.69, 9.17) is 10.5 Å². The number of nitrogens with zero attached hydrogens (tertiary/aromatic N) is 2. The van der Waals surface area contributed by atoms with Gasteiger partial charge in [-0.05, 0) is 37.7 Å². The van der Waals surface area contributed by atoms with Crippen molar-refractivity contribution in [2.24, 2.45) is 5.92 Å². The van der Waals surface area contributed by atoms with Crippen molar-refractivity contribution in [1.82, 2.24) is 4.98 Å². The molecule has 0 spiro atoms. The highest BCUT2D eigenvalue weighted by Crippen LogP contribution is 2.39. The van der Waals surface area contributed by atoms with Gasteiger partial charge in [0.25, 0.3) is 0 Å². The van der Waals surface area contributed by atoms with E-state index >= 15 is 0 Å². The fraction of sp³-hybridized carbons (Fsp3) is 0.571. The van der Waals surface area contributed by atoms with Gasteiger partial charge in [0.2, 0.25) is 0 Å². The van der Waals surface area contributed by atoms with Gasteiger partial charge in [-0.15, -0.1) is 0 Å². The maximum Gasteiger partial charge on any atom is 0.340 e. The smallest absolute Gasteiger partial charge is 0.340 e. The lowest BCUT2D eigenvalue weighted by atomic mass is 10.2. The van der Waals surface area contributed by atoms with Crippen LogP contribution in [-0.4, -0.2) is 30.6 Å². The van der Waals surface area contributed by atoms with Crippen molar-refractivity contribution in [3.63, 3.8) is 0 Å². The standard InChI is InChI=1S/C14H19N3O2/c1-19-14(18)11-6-7-16-13(12(11)15)17(10-4-5-10)8-9-2-3-9/h6-7,9-10H,2-5,8,15H2,1H3. The molecule has 2 N–H and O–H groups in total. The van der Waals surface area contributed by atoms with Gasteiger partial charge in [0.1, 0.15) is 0 Å². The number of methoxy groups -OCH3 is 1. The molecule has 5 nitrogen and oxygen atoms in total. The van der Waals surface area contributed by atoms with Gasteiger partial charge in [-0.1, -0.05) is 0 Å². The van der Waals surface area contributed by atoms with Crippen molar-refractivity contribution in [2.45, 2.75) is 31.7 Å². The zero-order valence-electron chi connectivity index (χ0n) is 11.1. The van der Waals surface area contributed by atoms with Gasteiger partial charge in [0, 0.05) is 18.8 Å². The molecule has 0 saturated heterocycles.